The summed E-state index contributed by atoms with van der Waals surface area (Å²) in [6, 6.07) is 8.72. The summed E-state index contributed by atoms with van der Waals surface area (Å²) < 4.78 is 5.27. The van der Waals surface area contributed by atoms with E-state index >= 15 is 0 Å². The summed E-state index contributed by atoms with van der Waals surface area (Å²) in [5.41, 5.74) is 0.823. The number of amides is 1. The lowest BCUT2D eigenvalue weighted by Gasteiger charge is -2.31. The van der Waals surface area contributed by atoms with Gasteiger partial charge in [-0.2, -0.15) is 4.98 Å². The van der Waals surface area contributed by atoms with Gasteiger partial charge in [-0.15, -0.1) is 0 Å². The zero-order chi connectivity index (χ0) is 17.4. The number of benzene rings is 1. The van der Waals surface area contributed by atoms with Crippen LogP contribution in [0.4, 0.5) is 0 Å². The number of para-hydroxylation sites is 1. The van der Waals surface area contributed by atoms with Gasteiger partial charge in [-0.05, 0) is 25.8 Å². The number of aromatic amines is 1. The van der Waals surface area contributed by atoms with Crippen molar-refractivity contribution in [3.63, 3.8) is 0 Å². The molecule has 3 heterocycles. The fourth-order valence-electron chi connectivity index (χ4n) is 3.39. The van der Waals surface area contributed by atoms with E-state index in [-0.39, 0.29) is 17.4 Å². The fourth-order valence-corrected chi connectivity index (χ4v) is 3.39. The predicted molar refractivity (Wildman–Crippen MR) is 91.5 cm³/mol. The number of aryl methyl sites for hydroxylation is 1. The molecule has 1 aliphatic heterocycles. The summed E-state index contributed by atoms with van der Waals surface area (Å²) in [5.74, 6) is 1.07. The smallest absolute Gasteiger partial charge is 0.254 e. The number of nitrogens with one attached hydrogen (secondary N) is 1. The molecule has 0 spiro atoms. The highest BCUT2D eigenvalue weighted by Gasteiger charge is 2.29. The van der Waals surface area contributed by atoms with Gasteiger partial charge in [0.25, 0.3) is 5.91 Å². The number of carbonyl (C=O) groups is 1. The van der Waals surface area contributed by atoms with Crippen molar-refractivity contribution >= 4 is 16.8 Å². The van der Waals surface area contributed by atoms with Gasteiger partial charge in [0.1, 0.15) is 0 Å². The highest BCUT2D eigenvalue weighted by atomic mass is 16.5. The van der Waals surface area contributed by atoms with Crippen LogP contribution in [0.5, 0.6) is 0 Å². The molecular weight excluding hydrogens is 320 g/mol. The van der Waals surface area contributed by atoms with E-state index in [4.69, 9.17) is 4.52 Å². The third-order valence-corrected chi connectivity index (χ3v) is 4.58. The fraction of sp³-hybridized carbons (Fsp3) is 0.333. The topological polar surface area (TPSA) is 92.1 Å². The van der Waals surface area contributed by atoms with E-state index < -0.39 is 0 Å². The molecule has 1 atom stereocenters. The van der Waals surface area contributed by atoms with Gasteiger partial charge in [-0.3, -0.25) is 9.59 Å². The van der Waals surface area contributed by atoms with Crippen molar-refractivity contribution in [1.82, 2.24) is 20.0 Å². The number of likely N-dealkylation sites (tertiary alicyclic amines) is 1. The second-order valence-electron chi connectivity index (χ2n) is 6.36. The third kappa shape index (κ3) is 2.93. The molecule has 1 aromatic carbocycles. The maximum absolute atomic E-state index is 13.1. The predicted octanol–water partition coefficient (Wildman–Crippen LogP) is 2.24. The van der Waals surface area contributed by atoms with Crippen LogP contribution >= 0.6 is 0 Å². The molecule has 2 aromatic heterocycles. The number of aromatic nitrogens is 3. The Hall–Kier alpha value is -2.96. The first-order valence-electron chi connectivity index (χ1n) is 8.33. The number of piperidine rings is 1. The first-order valence-corrected chi connectivity index (χ1v) is 8.33. The van der Waals surface area contributed by atoms with Crippen LogP contribution in [0.25, 0.3) is 10.9 Å². The SMILES string of the molecule is Cc1noc([C@H]2CCCN(C(=O)c3cc(=O)[nH]c4ccccc34)C2)n1. The summed E-state index contributed by atoms with van der Waals surface area (Å²) in [7, 11) is 0. The molecule has 1 N–H and O–H groups in total. The van der Waals surface area contributed by atoms with Gasteiger partial charge >= 0.3 is 0 Å². The third-order valence-electron chi connectivity index (χ3n) is 4.58. The molecule has 7 nitrogen and oxygen atoms in total. The molecule has 1 saturated heterocycles. The number of hydrogen-bond acceptors (Lipinski definition) is 5. The van der Waals surface area contributed by atoms with Gasteiger partial charge in [0.15, 0.2) is 5.82 Å². The van der Waals surface area contributed by atoms with Crippen molar-refractivity contribution in [2.24, 2.45) is 0 Å². The molecule has 3 aromatic rings. The number of rotatable bonds is 2. The Balaban J connectivity index is 1.66. The molecule has 0 aliphatic carbocycles. The lowest BCUT2D eigenvalue weighted by Crippen LogP contribution is -2.39. The molecule has 0 unspecified atom stereocenters. The van der Waals surface area contributed by atoms with Gasteiger partial charge < -0.3 is 14.4 Å². The van der Waals surface area contributed by atoms with Crippen LogP contribution in [0, 0.1) is 6.92 Å². The largest absolute Gasteiger partial charge is 0.339 e. The molecule has 0 bridgehead atoms. The summed E-state index contributed by atoms with van der Waals surface area (Å²) >= 11 is 0. The minimum atomic E-state index is -0.275. The van der Waals surface area contributed by atoms with E-state index in [1.807, 2.05) is 18.2 Å². The van der Waals surface area contributed by atoms with Gasteiger partial charge in [0.2, 0.25) is 11.4 Å². The number of fused-ring (bicyclic) bond motifs is 1. The van der Waals surface area contributed by atoms with Crippen LogP contribution in [0.15, 0.2) is 39.6 Å². The highest BCUT2D eigenvalue weighted by molar-refractivity contribution is 6.06. The van der Waals surface area contributed by atoms with Crippen molar-refractivity contribution in [2.75, 3.05) is 13.1 Å². The lowest BCUT2D eigenvalue weighted by atomic mass is 9.97. The van der Waals surface area contributed by atoms with Gasteiger partial charge in [0.05, 0.1) is 11.5 Å². The van der Waals surface area contributed by atoms with Gasteiger partial charge in [-0.25, -0.2) is 0 Å². The number of H-pyrrole nitrogens is 1. The number of pyridine rings is 1. The van der Waals surface area contributed by atoms with Crippen LogP contribution in [0.3, 0.4) is 0 Å². The zero-order valence-electron chi connectivity index (χ0n) is 13.9. The summed E-state index contributed by atoms with van der Waals surface area (Å²) in [6.07, 6.45) is 1.76. The monoisotopic (exact) mass is 338 g/mol. The van der Waals surface area contributed by atoms with E-state index in [0.29, 0.717) is 35.9 Å². The second kappa shape index (κ2) is 6.16. The van der Waals surface area contributed by atoms with Crippen LogP contribution in [-0.2, 0) is 0 Å². The average Bonchev–Trinajstić information content (AvgIpc) is 3.07. The molecular formula is C18H18N4O3. The standard InChI is InChI=1S/C18H18N4O3/c1-11-19-17(25-21-11)12-5-4-8-22(10-12)18(24)14-9-16(23)20-15-7-3-2-6-13(14)15/h2-3,6-7,9,12H,4-5,8,10H2,1H3,(H,20,23)/t12-/m0/s1. The molecule has 4 rings (SSSR count). The number of hydrogen-bond donors (Lipinski definition) is 1. The quantitative estimate of drug-likeness (QED) is 0.773. The molecule has 1 aliphatic rings. The molecule has 0 radical (unpaired) electrons. The van der Waals surface area contributed by atoms with Gasteiger partial charge in [-0.1, -0.05) is 23.4 Å². The van der Waals surface area contributed by atoms with E-state index in [0.717, 1.165) is 18.2 Å². The Morgan fingerprint density at radius 1 is 1.36 bits per heavy atom. The van der Waals surface area contributed by atoms with E-state index in [1.165, 1.54) is 6.07 Å². The first kappa shape index (κ1) is 15.6. The molecule has 128 valence electrons. The summed E-state index contributed by atoms with van der Waals surface area (Å²) in [4.78, 5) is 33.8. The minimum absolute atomic E-state index is 0.0344. The minimum Gasteiger partial charge on any atom is -0.339 e. The molecule has 7 heteroatoms. The maximum Gasteiger partial charge on any atom is 0.254 e. The molecule has 0 saturated carbocycles. The Kier molecular flexibility index (Phi) is 3.83. The Bertz CT molecular complexity index is 991. The Labute approximate surface area is 143 Å². The van der Waals surface area contributed by atoms with Crippen molar-refractivity contribution < 1.29 is 9.32 Å². The van der Waals surface area contributed by atoms with Crippen molar-refractivity contribution in [3.8, 4) is 0 Å². The molecule has 1 amide bonds. The van der Waals surface area contributed by atoms with E-state index in [2.05, 4.69) is 15.1 Å². The van der Waals surface area contributed by atoms with Crippen LogP contribution in [0.2, 0.25) is 0 Å². The highest BCUT2D eigenvalue weighted by Crippen LogP contribution is 2.27. The number of nitrogens with zero attached hydrogens (tertiary/aromatic N) is 3. The Morgan fingerprint density at radius 3 is 3.00 bits per heavy atom. The van der Waals surface area contributed by atoms with Crippen LogP contribution in [0.1, 0.15) is 40.8 Å². The maximum atomic E-state index is 13.1. The average molecular weight is 338 g/mol. The van der Waals surface area contributed by atoms with Crippen molar-refractivity contribution in [3.05, 3.63) is 58.0 Å². The molecule has 1 fully saturated rings. The summed E-state index contributed by atoms with van der Waals surface area (Å²) in [6.45, 7) is 2.95. The molecule has 25 heavy (non-hydrogen) atoms. The van der Waals surface area contributed by atoms with Crippen molar-refractivity contribution in [2.45, 2.75) is 25.7 Å². The summed E-state index contributed by atoms with van der Waals surface area (Å²) in [5, 5.41) is 4.59. The lowest BCUT2D eigenvalue weighted by molar-refractivity contribution is 0.0697. The van der Waals surface area contributed by atoms with Gasteiger partial charge in [0, 0.05) is 30.1 Å². The Morgan fingerprint density at radius 2 is 2.20 bits per heavy atom. The zero-order valence-corrected chi connectivity index (χ0v) is 13.9. The van der Waals surface area contributed by atoms with E-state index in [9.17, 15) is 9.59 Å². The number of carbonyl (C=O) groups excluding carboxylic acids is 1. The van der Waals surface area contributed by atoms with Crippen molar-refractivity contribution in [1.29, 1.82) is 0 Å². The second-order valence-corrected chi connectivity index (χ2v) is 6.36. The first-order chi connectivity index (χ1) is 12.1. The van der Waals surface area contributed by atoms with Crippen LogP contribution < -0.4 is 5.56 Å². The van der Waals surface area contributed by atoms with Crippen LogP contribution in [-0.4, -0.2) is 39.0 Å². The van der Waals surface area contributed by atoms with E-state index in [1.54, 1.807) is 17.9 Å². The normalized spacial score (nSPS) is 17.8.